The third kappa shape index (κ3) is 7.79. The molecule has 8 heteroatoms. The highest BCUT2D eigenvalue weighted by atomic mass is 127. The third-order valence-corrected chi connectivity index (χ3v) is 5.19. The van der Waals surface area contributed by atoms with E-state index in [1.807, 2.05) is 30.0 Å². The summed E-state index contributed by atoms with van der Waals surface area (Å²) in [6.07, 6.45) is 0. The molecule has 27 heavy (non-hydrogen) atoms. The van der Waals surface area contributed by atoms with Gasteiger partial charge in [0.1, 0.15) is 0 Å². The Morgan fingerprint density at radius 3 is 2.48 bits per heavy atom. The molecule has 2 rings (SSSR count). The number of hydrogen-bond donors (Lipinski definition) is 2. The smallest absolute Gasteiger partial charge is 0.191 e. The highest BCUT2D eigenvalue weighted by Gasteiger charge is 2.10. The molecular formula is C19H25BrIN3O2S. The van der Waals surface area contributed by atoms with Crippen LogP contribution in [-0.4, -0.2) is 39.5 Å². The summed E-state index contributed by atoms with van der Waals surface area (Å²) in [7, 11) is 5.02. The largest absolute Gasteiger partial charge is 0.493 e. The molecule has 5 nitrogen and oxygen atoms in total. The predicted molar refractivity (Wildman–Crippen MR) is 128 cm³/mol. The van der Waals surface area contributed by atoms with E-state index in [1.165, 1.54) is 4.90 Å². The first-order chi connectivity index (χ1) is 12.7. The van der Waals surface area contributed by atoms with Crippen LogP contribution in [0.5, 0.6) is 11.5 Å². The van der Waals surface area contributed by atoms with Crippen LogP contribution in [-0.2, 0) is 6.54 Å². The van der Waals surface area contributed by atoms with Gasteiger partial charge in [0, 0.05) is 30.8 Å². The molecule has 0 amide bonds. The second-order valence-corrected chi connectivity index (χ2v) is 7.35. The summed E-state index contributed by atoms with van der Waals surface area (Å²) < 4.78 is 11.6. The summed E-state index contributed by atoms with van der Waals surface area (Å²) in [5.41, 5.74) is 1.07. The number of aliphatic imine (C=N–C) groups is 1. The quantitative estimate of drug-likeness (QED) is 0.162. The molecule has 0 unspecified atom stereocenters. The molecule has 0 atom stereocenters. The van der Waals surface area contributed by atoms with Gasteiger partial charge in [-0.3, -0.25) is 4.99 Å². The van der Waals surface area contributed by atoms with Gasteiger partial charge in [-0.2, -0.15) is 0 Å². The van der Waals surface area contributed by atoms with Crippen molar-refractivity contribution in [3.63, 3.8) is 0 Å². The Morgan fingerprint density at radius 2 is 1.85 bits per heavy atom. The van der Waals surface area contributed by atoms with E-state index in [0.29, 0.717) is 18.0 Å². The average molecular weight is 566 g/mol. The van der Waals surface area contributed by atoms with Crippen LogP contribution in [0.2, 0.25) is 0 Å². The number of guanidine groups is 1. The van der Waals surface area contributed by atoms with E-state index < -0.39 is 0 Å². The minimum absolute atomic E-state index is 0. The van der Waals surface area contributed by atoms with Crippen molar-refractivity contribution in [3.8, 4) is 11.5 Å². The van der Waals surface area contributed by atoms with Gasteiger partial charge in [-0.15, -0.1) is 35.7 Å². The molecule has 0 aromatic heterocycles. The lowest BCUT2D eigenvalue weighted by atomic mass is 10.2. The molecule has 0 aliphatic rings. The molecule has 0 spiro atoms. The zero-order valence-corrected chi connectivity index (χ0v) is 20.4. The Bertz CT molecular complexity index is 732. The fraction of sp³-hybridized carbons (Fsp3) is 0.316. The molecule has 148 valence electrons. The lowest BCUT2D eigenvalue weighted by Crippen LogP contribution is -2.37. The minimum atomic E-state index is 0. The van der Waals surface area contributed by atoms with E-state index in [1.54, 1.807) is 21.3 Å². The highest BCUT2D eigenvalue weighted by Crippen LogP contribution is 2.36. The average Bonchev–Trinajstić information content (AvgIpc) is 2.67. The van der Waals surface area contributed by atoms with Gasteiger partial charge in [0.2, 0.25) is 0 Å². The number of benzene rings is 2. The zero-order valence-electron chi connectivity index (χ0n) is 15.6. The van der Waals surface area contributed by atoms with Gasteiger partial charge >= 0.3 is 0 Å². The van der Waals surface area contributed by atoms with E-state index in [9.17, 15) is 0 Å². The Labute approximate surface area is 190 Å². The van der Waals surface area contributed by atoms with E-state index in [2.05, 4.69) is 55.8 Å². The van der Waals surface area contributed by atoms with Gasteiger partial charge in [0.05, 0.1) is 18.7 Å². The summed E-state index contributed by atoms with van der Waals surface area (Å²) in [4.78, 5) is 5.53. The molecule has 0 saturated heterocycles. The van der Waals surface area contributed by atoms with Crippen molar-refractivity contribution in [2.24, 2.45) is 4.99 Å². The van der Waals surface area contributed by atoms with Gasteiger partial charge in [-0.25, -0.2) is 0 Å². The Morgan fingerprint density at radius 1 is 1.11 bits per heavy atom. The maximum atomic E-state index is 5.38. The van der Waals surface area contributed by atoms with Crippen molar-refractivity contribution in [2.75, 3.05) is 33.6 Å². The molecule has 2 N–H and O–H groups in total. The van der Waals surface area contributed by atoms with E-state index >= 15 is 0 Å². The van der Waals surface area contributed by atoms with Crippen LogP contribution in [0.1, 0.15) is 5.56 Å². The third-order valence-electron chi connectivity index (χ3n) is 3.58. The van der Waals surface area contributed by atoms with Crippen LogP contribution >= 0.6 is 51.7 Å². The van der Waals surface area contributed by atoms with E-state index in [0.717, 1.165) is 28.3 Å². The molecule has 0 fully saturated rings. The molecule has 0 bridgehead atoms. The fourth-order valence-electron chi connectivity index (χ4n) is 2.33. The number of methoxy groups -OCH3 is 2. The van der Waals surface area contributed by atoms with Crippen molar-refractivity contribution in [1.82, 2.24) is 10.6 Å². The van der Waals surface area contributed by atoms with Crippen LogP contribution in [0.3, 0.4) is 0 Å². The second-order valence-electron chi connectivity index (χ2n) is 5.33. The van der Waals surface area contributed by atoms with Crippen molar-refractivity contribution < 1.29 is 9.47 Å². The lowest BCUT2D eigenvalue weighted by Gasteiger charge is -2.14. The summed E-state index contributed by atoms with van der Waals surface area (Å²) in [6.45, 7) is 1.46. The summed E-state index contributed by atoms with van der Waals surface area (Å²) >= 11 is 5.33. The number of nitrogens with one attached hydrogen (secondary N) is 2. The van der Waals surface area contributed by atoms with Crippen LogP contribution in [0.4, 0.5) is 0 Å². The minimum Gasteiger partial charge on any atom is -0.493 e. The molecular weight excluding hydrogens is 541 g/mol. The van der Waals surface area contributed by atoms with Gasteiger partial charge < -0.3 is 20.1 Å². The maximum absolute atomic E-state index is 5.38. The molecule has 2 aromatic carbocycles. The number of hydrogen-bond acceptors (Lipinski definition) is 4. The summed E-state index contributed by atoms with van der Waals surface area (Å²) in [5, 5.41) is 6.64. The highest BCUT2D eigenvalue weighted by molar-refractivity contribution is 14.0. The number of thioether (sulfide) groups is 1. The fourth-order valence-corrected chi connectivity index (χ4v) is 3.78. The number of rotatable bonds is 8. The first-order valence-corrected chi connectivity index (χ1v) is 9.98. The number of halogens is 2. The Balaban J connectivity index is 0.00000364. The number of nitrogens with zero attached hydrogens (tertiary/aromatic N) is 1. The van der Waals surface area contributed by atoms with E-state index in [4.69, 9.17) is 9.47 Å². The lowest BCUT2D eigenvalue weighted by molar-refractivity contribution is 0.352. The van der Waals surface area contributed by atoms with E-state index in [-0.39, 0.29) is 24.0 Å². The SMILES string of the molecule is CN=C(NCCSc1ccccc1)NCc1cc(Br)c(OC)c(OC)c1.I. The predicted octanol–water partition coefficient (Wildman–Crippen LogP) is 4.54. The van der Waals surface area contributed by atoms with Crippen molar-refractivity contribution in [3.05, 3.63) is 52.5 Å². The van der Waals surface area contributed by atoms with Crippen LogP contribution in [0, 0.1) is 0 Å². The Kier molecular flexibility index (Phi) is 11.6. The molecule has 2 aromatic rings. The van der Waals surface area contributed by atoms with Gasteiger partial charge in [-0.05, 0) is 45.8 Å². The second kappa shape index (κ2) is 13.1. The zero-order chi connectivity index (χ0) is 18.8. The topological polar surface area (TPSA) is 54.9 Å². The van der Waals surface area contributed by atoms with Crippen LogP contribution in [0.15, 0.2) is 56.8 Å². The number of ether oxygens (including phenoxy) is 2. The van der Waals surface area contributed by atoms with Crippen LogP contribution in [0.25, 0.3) is 0 Å². The van der Waals surface area contributed by atoms with Crippen molar-refractivity contribution >= 4 is 57.6 Å². The van der Waals surface area contributed by atoms with Gasteiger partial charge in [0.25, 0.3) is 0 Å². The van der Waals surface area contributed by atoms with Crippen LogP contribution < -0.4 is 20.1 Å². The monoisotopic (exact) mass is 565 g/mol. The molecule has 0 aliphatic heterocycles. The Hall–Kier alpha value is -1.13. The summed E-state index contributed by atoms with van der Waals surface area (Å²) in [6, 6.07) is 14.3. The van der Waals surface area contributed by atoms with Crippen molar-refractivity contribution in [2.45, 2.75) is 11.4 Å². The first kappa shape index (κ1) is 23.9. The maximum Gasteiger partial charge on any atom is 0.191 e. The molecule has 0 aliphatic carbocycles. The molecule has 0 saturated carbocycles. The standard InChI is InChI=1S/C19H24BrN3O2S.HI/c1-21-19(22-9-10-26-15-7-5-4-6-8-15)23-13-14-11-16(20)18(25-3)17(12-14)24-2;/h4-8,11-12H,9-10,13H2,1-3H3,(H2,21,22,23);1H. The van der Waals surface area contributed by atoms with Gasteiger partial charge in [0.15, 0.2) is 17.5 Å². The normalized spacial score (nSPS) is 10.7. The molecule has 0 radical (unpaired) electrons. The first-order valence-electron chi connectivity index (χ1n) is 8.20. The molecule has 0 heterocycles. The van der Waals surface area contributed by atoms with Crippen molar-refractivity contribution in [1.29, 1.82) is 0 Å². The van der Waals surface area contributed by atoms with Gasteiger partial charge in [-0.1, -0.05) is 18.2 Å². The summed E-state index contributed by atoms with van der Waals surface area (Å²) in [5.74, 6) is 3.12.